The van der Waals surface area contributed by atoms with E-state index in [1.165, 1.54) is 18.1 Å². The van der Waals surface area contributed by atoms with Crippen LogP contribution in [0.2, 0.25) is 0 Å². The maximum Gasteiger partial charge on any atom is 0.410 e. The SMILES string of the molecule is CN(C(=O)OC(C)(C)C)C(C=O)c1cnc2n[nH]nc2c1. The molecule has 21 heavy (non-hydrogen) atoms. The molecule has 2 heterocycles. The zero-order chi connectivity index (χ0) is 15.6. The second-order valence-corrected chi connectivity index (χ2v) is 5.61. The lowest BCUT2D eigenvalue weighted by atomic mass is 10.1. The molecule has 0 saturated heterocycles. The number of hydrogen-bond acceptors (Lipinski definition) is 6. The Labute approximate surface area is 121 Å². The lowest BCUT2D eigenvalue weighted by molar-refractivity contribution is -0.112. The zero-order valence-corrected chi connectivity index (χ0v) is 12.3. The van der Waals surface area contributed by atoms with E-state index in [-0.39, 0.29) is 0 Å². The van der Waals surface area contributed by atoms with Crippen molar-refractivity contribution in [3.8, 4) is 0 Å². The standard InChI is InChI=1S/C13H17N5O3/c1-13(2,3)21-12(20)18(4)10(7-19)8-5-9-11(14-6-8)16-17-15-9/h5-7,10H,1-4H3,(H,14,15,16,17). The molecule has 0 saturated carbocycles. The Bertz CT molecular complexity index is 661. The number of pyridine rings is 1. The van der Waals surface area contributed by atoms with Crippen molar-refractivity contribution in [2.24, 2.45) is 0 Å². The van der Waals surface area contributed by atoms with E-state index in [0.29, 0.717) is 23.0 Å². The molecule has 2 aromatic rings. The van der Waals surface area contributed by atoms with Gasteiger partial charge in [-0.1, -0.05) is 0 Å². The van der Waals surface area contributed by atoms with Crippen molar-refractivity contribution in [2.45, 2.75) is 32.4 Å². The summed E-state index contributed by atoms with van der Waals surface area (Å²) in [6.07, 6.45) is 1.57. The van der Waals surface area contributed by atoms with Crippen molar-refractivity contribution in [1.29, 1.82) is 0 Å². The number of aromatic amines is 1. The van der Waals surface area contributed by atoms with Gasteiger partial charge in [-0.15, -0.1) is 5.10 Å². The van der Waals surface area contributed by atoms with Crippen molar-refractivity contribution in [3.63, 3.8) is 0 Å². The van der Waals surface area contributed by atoms with E-state index in [1.807, 2.05) is 0 Å². The Hall–Kier alpha value is -2.51. The first-order valence-corrected chi connectivity index (χ1v) is 6.39. The third kappa shape index (κ3) is 3.33. The van der Waals surface area contributed by atoms with Crippen LogP contribution in [0.4, 0.5) is 4.79 Å². The van der Waals surface area contributed by atoms with E-state index in [4.69, 9.17) is 4.74 Å². The summed E-state index contributed by atoms with van der Waals surface area (Å²) in [5.74, 6) is 0. The average molecular weight is 291 g/mol. The number of carbonyl (C=O) groups excluding carboxylic acids is 2. The first kappa shape index (κ1) is 14.9. The molecule has 2 rings (SSSR count). The molecule has 8 nitrogen and oxygen atoms in total. The number of ether oxygens (including phenoxy) is 1. The second-order valence-electron chi connectivity index (χ2n) is 5.61. The lowest BCUT2D eigenvalue weighted by Gasteiger charge is -2.28. The molecule has 0 fully saturated rings. The minimum absolute atomic E-state index is 0.448. The summed E-state index contributed by atoms with van der Waals surface area (Å²) in [4.78, 5) is 28.7. The van der Waals surface area contributed by atoms with Crippen LogP contribution in [0, 0.1) is 0 Å². The largest absolute Gasteiger partial charge is 0.444 e. The first-order chi connectivity index (χ1) is 9.81. The van der Waals surface area contributed by atoms with Gasteiger partial charge >= 0.3 is 6.09 Å². The molecule has 0 bridgehead atoms. The van der Waals surface area contributed by atoms with Crippen molar-refractivity contribution < 1.29 is 14.3 Å². The Balaban J connectivity index is 2.25. The molecule has 0 aliphatic rings. The molecular weight excluding hydrogens is 274 g/mol. The minimum Gasteiger partial charge on any atom is -0.444 e. The van der Waals surface area contributed by atoms with Crippen LogP contribution in [0.5, 0.6) is 0 Å². The number of rotatable bonds is 3. The van der Waals surface area contributed by atoms with Crippen LogP contribution in [0.15, 0.2) is 12.3 Å². The molecule has 1 atom stereocenters. The van der Waals surface area contributed by atoms with E-state index in [0.717, 1.165) is 0 Å². The smallest absolute Gasteiger partial charge is 0.410 e. The molecule has 0 aliphatic heterocycles. The second kappa shape index (κ2) is 5.47. The summed E-state index contributed by atoms with van der Waals surface area (Å²) in [6.45, 7) is 5.28. The maximum atomic E-state index is 12.0. The van der Waals surface area contributed by atoms with Gasteiger partial charge in [0.2, 0.25) is 5.65 Å². The summed E-state index contributed by atoms with van der Waals surface area (Å²) < 4.78 is 5.25. The highest BCUT2D eigenvalue weighted by atomic mass is 16.6. The zero-order valence-electron chi connectivity index (χ0n) is 12.3. The van der Waals surface area contributed by atoms with Gasteiger partial charge in [-0.25, -0.2) is 9.78 Å². The Morgan fingerprint density at radius 2 is 2.14 bits per heavy atom. The van der Waals surface area contributed by atoms with Crippen LogP contribution in [0.1, 0.15) is 32.4 Å². The Kier molecular flexibility index (Phi) is 3.88. The quantitative estimate of drug-likeness (QED) is 0.859. The van der Waals surface area contributed by atoms with Crippen LogP contribution in [0.25, 0.3) is 11.2 Å². The molecule has 1 amide bonds. The van der Waals surface area contributed by atoms with Crippen molar-refractivity contribution in [2.75, 3.05) is 7.05 Å². The van der Waals surface area contributed by atoms with E-state index < -0.39 is 17.7 Å². The molecule has 0 aliphatic carbocycles. The highest BCUT2D eigenvalue weighted by molar-refractivity contribution is 5.76. The topological polar surface area (TPSA) is 101 Å². The van der Waals surface area contributed by atoms with Crippen LogP contribution < -0.4 is 0 Å². The van der Waals surface area contributed by atoms with Gasteiger partial charge in [-0.2, -0.15) is 10.3 Å². The van der Waals surface area contributed by atoms with Gasteiger partial charge in [0.25, 0.3) is 0 Å². The number of nitrogens with one attached hydrogen (secondary N) is 1. The molecule has 2 aromatic heterocycles. The molecule has 1 N–H and O–H groups in total. The summed E-state index contributed by atoms with van der Waals surface area (Å²) >= 11 is 0. The molecule has 8 heteroatoms. The van der Waals surface area contributed by atoms with Crippen LogP contribution in [-0.4, -0.2) is 50.3 Å². The minimum atomic E-state index is -0.798. The highest BCUT2D eigenvalue weighted by Gasteiger charge is 2.26. The number of H-pyrrole nitrogens is 1. The summed E-state index contributed by atoms with van der Waals surface area (Å²) in [7, 11) is 1.50. The summed E-state index contributed by atoms with van der Waals surface area (Å²) in [6, 6.07) is 0.861. The summed E-state index contributed by atoms with van der Waals surface area (Å²) in [5, 5.41) is 10.2. The lowest BCUT2D eigenvalue weighted by Crippen LogP contribution is -2.37. The number of carbonyl (C=O) groups is 2. The van der Waals surface area contributed by atoms with Crippen molar-refractivity contribution in [3.05, 3.63) is 17.8 Å². The fourth-order valence-electron chi connectivity index (χ4n) is 1.76. The summed E-state index contributed by atoms with van der Waals surface area (Å²) in [5.41, 5.74) is 0.882. The normalized spacial score (nSPS) is 13.0. The number of aldehydes is 1. The van der Waals surface area contributed by atoms with Crippen molar-refractivity contribution in [1.82, 2.24) is 25.3 Å². The predicted octanol–water partition coefficient (Wildman–Crippen LogP) is 1.46. The predicted molar refractivity (Wildman–Crippen MR) is 74.5 cm³/mol. The van der Waals surface area contributed by atoms with Crippen LogP contribution >= 0.6 is 0 Å². The molecule has 0 spiro atoms. The molecular formula is C13H17N5O3. The molecule has 0 aromatic carbocycles. The maximum absolute atomic E-state index is 12.0. The van der Waals surface area contributed by atoms with E-state index in [2.05, 4.69) is 20.4 Å². The number of aromatic nitrogens is 4. The number of nitrogens with zero attached hydrogens (tertiary/aromatic N) is 4. The molecule has 1 unspecified atom stereocenters. The van der Waals surface area contributed by atoms with Gasteiger partial charge in [-0.05, 0) is 26.8 Å². The first-order valence-electron chi connectivity index (χ1n) is 6.39. The monoisotopic (exact) mass is 291 g/mol. The number of hydrogen-bond donors (Lipinski definition) is 1. The highest BCUT2D eigenvalue weighted by Crippen LogP contribution is 2.21. The van der Waals surface area contributed by atoms with Gasteiger partial charge in [0, 0.05) is 18.8 Å². The van der Waals surface area contributed by atoms with Gasteiger partial charge in [0.15, 0.2) is 0 Å². The number of amides is 1. The number of fused-ring (bicyclic) bond motifs is 1. The van der Waals surface area contributed by atoms with E-state index >= 15 is 0 Å². The molecule has 112 valence electrons. The van der Waals surface area contributed by atoms with Crippen LogP contribution in [-0.2, 0) is 9.53 Å². The Morgan fingerprint density at radius 1 is 1.43 bits per heavy atom. The number of likely N-dealkylation sites (N-methyl/N-ethyl adjacent to an activating group) is 1. The fraction of sp³-hybridized carbons (Fsp3) is 0.462. The van der Waals surface area contributed by atoms with Gasteiger partial charge in [0.05, 0.1) is 0 Å². The van der Waals surface area contributed by atoms with Crippen molar-refractivity contribution >= 4 is 23.5 Å². The van der Waals surface area contributed by atoms with E-state index in [9.17, 15) is 9.59 Å². The van der Waals surface area contributed by atoms with Crippen LogP contribution in [0.3, 0.4) is 0 Å². The van der Waals surface area contributed by atoms with E-state index in [1.54, 1.807) is 26.8 Å². The van der Waals surface area contributed by atoms with Gasteiger partial charge in [0.1, 0.15) is 23.4 Å². The third-order valence-electron chi connectivity index (χ3n) is 2.76. The molecule has 0 radical (unpaired) electrons. The van der Waals surface area contributed by atoms with Gasteiger partial charge in [-0.3, -0.25) is 4.90 Å². The average Bonchev–Trinajstić information content (AvgIpc) is 2.84. The third-order valence-corrected chi connectivity index (χ3v) is 2.76. The van der Waals surface area contributed by atoms with Gasteiger partial charge < -0.3 is 9.53 Å². The Morgan fingerprint density at radius 3 is 2.76 bits per heavy atom. The fourth-order valence-corrected chi connectivity index (χ4v) is 1.76.